The average Bonchev–Trinajstić information content (AvgIpc) is 2.74. The summed E-state index contributed by atoms with van der Waals surface area (Å²) in [6.07, 6.45) is -4.58. The highest BCUT2D eigenvalue weighted by molar-refractivity contribution is 5.36. The monoisotopic (exact) mass is 256 g/mol. The first kappa shape index (κ1) is 12.7. The Labute approximate surface area is 102 Å². The van der Waals surface area contributed by atoms with Crippen LogP contribution in [0.15, 0.2) is 41.0 Å². The number of aliphatic hydroxyl groups is 1. The van der Waals surface area contributed by atoms with Gasteiger partial charge in [0.1, 0.15) is 11.9 Å². The summed E-state index contributed by atoms with van der Waals surface area (Å²) in [4.78, 5) is 0. The molecule has 96 valence electrons. The highest BCUT2D eigenvalue weighted by Crippen LogP contribution is 2.36. The van der Waals surface area contributed by atoms with Gasteiger partial charge in [-0.3, -0.25) is 0 Å². The Balaban J connectivity index is 2.45. The average molecular weight is 256 g/mol. The molecule has 0 saturated heterocycles. The van der Waals surface area contributed by atoms with E-state index < -0.39 is 17.8 Å². The van der Waals surface area contributed by atoms with Crippen LogP contribution in [-0.4, -0.2) is 5.11 Å². The largest absolute Gasteiger partial charge is 0.469 e. The first-order valence-electron chi connectivity index (χ1n) is 5.29. The summed E-state index contributed by atoms with van der Waals surface area (Å²) in [6.45, 7) is 1.66. The summed E-state index contributed by atoms with van der Waals surface area (Å²) in [5, 5.41) is 9.99. The summed E-state index contributed by atoms with van der Waals surface area (Å²) >= 11 is 0. The zero-order valence-electron chi connectivity index (χ0n) is 9.53. The number of alkyl halides is 3. The lowest BCUT2D eigenvalue weighted by molar-refractivity contribution is -0.139. The van der Waals surface area contributed by atoms with E-state index in [0.717, 1.165) is 6.07 Å². The van der Waals surface area contributed by atoms with Crippen molar-refractivity contribution in [2.45, 2.75) is 19.2 Å². The van der Waals surface area contributed by atoms with E-state index in [1.165, 1.54) is 30.5 Å². The molecule has 1 atom stereocenters. The normalized spacial score (nSPS) is 13.6. The van der Waals surface area contributed by atoms with E-state index >= 15 is 0 Å². The molecule has 18 heavy (non-hydrogen) atoms. The summed E-state index contributed by atoms with van der Waals surface area (Å²) < 4.78 is 43.4. The van der Waals surface area contributed by atoms with Crippen LogP contribution < -0.4 is 0 Å². The van der Waals surface area contributed by atoms with E-state index in [1.54, 1.807) is 6.92 Å². The Bertz CT molecular complexity index is 543. The second kappa shape index (κ2) is 4.49. The van der Waals surface area contributed by atoms with Crippen molar-refractivity contribution in [2.75, 3.05) is 0 Å². The summed E-state index contributed by atoms with van der Waals surface area (Å²) in [5.41, 5.74) is -0.702. The fraction of sp³-hybridized carbons (Fsp3) is 0.231. The minimum atomic E-state index is -4.49. The molecule has 5 heteroatoms. The van der Waals surface area contributed by atoms with E-state index in [2.05, 4.69) is 0 Å². The predicted octanol–water partition coefficient (Wildman–Crippen LogP) is 3.69. The van der Waals surface area contributed by atoms with Crippen molar-refractivity contribution in [1.29, 1.82) is 0 Å². The zero-order valence-corrected chi connectivity index (χ0v) is 9.53. The summed E-state index contributed by atoms with van der Waals surface area (Å²) in [6, 6.07) is 6.47. The van der Waals surface area contributed by atoms with Gasteiger partial charge in [0, 0.05) is 5.56 Å². The van der Waals surface area contributed by atoms with Gasteiger partial charge >= 0.3 is 6.18 Å². The molecule has 0 bridgehead atoms. The van der Waals surface area contributed by atoms with Crippen LogP contribution in [-0.2, 0) is 6.18 Å². The Morgan fingerprint density at radius 1 is 1.22 bits per heavy atom. The van der Waals surface area contributed by atoms with Gasteiger partial charge in [0.15, 0.2) is 0 Å². The lowest BCUT2D eigenvalue weighted by Gasteiger charge is -2.16. The first-order valence-corrected chi connectivity index (χ1v) is 5.29. The maximum Gasteiger partial charge on any atom is 0.416 e. The molecule has 1 aromatic carbocycles. The van der Waals surface area contributed by atoms with E-state index in [9.17, 15) is 18.3 Å². The minimum absolute atomic E-state index is 0.175. The Morgan fingerprint density at radius 2 is 1.89 bits per heavy atom. The summed E-state index contributed by atoms with van der Waals surface area (Å²) in [5.74, 6) is 0.536. The maximum atomic E-state index is 12.8. The van der Waals surface area contributed by atoms with Crippen LogP contribution in [0, 0.1) is 6.92 Å². The molecule has 2 nitrogen and oxygen atoms in total. The summed E-state index contributed by atoms with van der Waals surface area (Å²) in [7, 11) is 0. The number of benzene rings is 1. The molecule has 2 rings (SSSR count). The molecule has 0 radical (unpaired) electrons. The number of hydrogen-bond donors (Lipinski definition) is 1. The van der Waals surface area contributed by atoms with Gasteiger partial charge in [-0.1, -0.05) is 18.2 Å². The molecule has 2 aromatic rings. The molecule has 0 fully saturated rings. The standard InChI is InChI=1S/C13H11F3O2/c1-8-6-9(7-18-8)12(17)10-4-2-3-5-11(10)13(14,15)16/h2-7,12,17H,1H3. The van der Waals surface area contributed by atoms with Crippen LogP contribution in [0.25, 0.3) is 0 Å². The number of hydrogen-bond acceptors (Lipinski definition) is 2. The lowest BCUT2D eigenvalue weighted by atomic mass is 9.98. The SMILES string of the molecule is Cc1cc(C(O)c2ccccc2C(F)(F)F)co1. The van der Waals surface area contributed by atoms with Gasteiger partial charge in [0.05, 0.1) is 11.8 Å². The van der Waals surface area contributed by atoms with Crippen LogP contribution in [0.5, 0.6) is 0 Å². The van der Waals surface area contributed by atoms with E-state index in [4.69, 9.17) is 4.42 Å². The van der Waals surface area contributed by atoms with Crippen molar-refractivity contribution < 1.29 is 22.7 Å². The van der Waals surface area contributed by atoms with E-state index in [-0.39, 0.29) is 5.56 Å². The van der Waals surface area contributed by atoms with Crippen molar-refractivity contribution in [3.63, 3.8) is 0 Å². The van der Waals surface area contributed by atoms with Gasteiger partial charge in [0.2, 0.25) is 0 Å². The first-order chi connectivity index (χ1) is 8.39. The number of aryl methyl sites for hydroxylation is 1. The number of halogens is 3. The van der Waals surface area contributed by atoms with Gasteiger partial charge in [0.25, 0.3) is 0 Å². The highest BCUT2D eigenvalue weighted by atomic mass is 19.4. The van der Waals surface area contributed by atoms with Gasteiger partial charge in [-0.25, -0.2) is 0 Å². The minimum Gasteiger partial charge on any atom is -0.469 e. The van der Waals surface area contributed by atoms with Crippen LogP contribution in [0.3, 0.4) is 0 Å². The van der Waals surface area contributed by atoms with Gasteiger partial charge in [-0.15, -0.1) is 0 Å². The molecular formula is C13H11F3O2. The van der Waals surface area contributed by atoms with Gasteiger partial charge in [-0.05, 0) is 24.6 Å². The lowest BCUT2D eigenvalue weighted by Crippen LogP contribution is -2.12. The van der Waals surface area contributed by atoms with Crippen molar-refractivity contribution in [3.05, 3.63) is 59.0 Å². The molecule has 0 amide bonds. The van der Waals surface area contributed by atoms with Gasteiger partial charge in [-0.2, -0.15) is 13.2 Å². The smallest absolute Gasteiger partial charge is 0.416 e. The third-order valence-corrected chi connectivity index (χ3v) is 2.63. The van der Waals surface area contributed by atoms with Crippen LogP contribution in [0.2, 0.25) is 0 Å². The Hall–Kier alpha value is -1.75. The second-order valence-electron chi connectivity index (χ2n) is 3.98. The maximum absolute atomic E-state index is 12.8. The molecule has 0 aliphatic rings. The second-order valence-corrected chi connectivity index (χ2v) is 3.98. The van der Waals surface area contributed by atoms with Crippen LogP contribution >= 0.6 is 0 Å². The van der Waals surface area contributed by atoms with Crippen molar-refractivity contribution in [2.24, 2.45) is 0 Å². The molecule has 0 spiro atoms. The highest BCUT2D eigenvalue weighted by Gasteiger charge is 2.35. The molecule has 1 N–H and O–H groups in total. The third kappa shape index (κ3) is 2.41. The zero-order chi connectivity index (χ0) is 13.3. The number of furan rings is 1. The Kier molecular flexibility index (Phi) is 3.17. The Morgan fingerprint density at radius 3 is 2.44 bits per heavy atom. The molecule has 1 heterocycles. The van der Waals surface area contributed by atoms with Crippen molar-refractivity contribution in [3.8, 4) is 0 Å². The molecule has 0 aliphatic carbocycles. The van der Waals surface area contributed by atoms with Crippen LogP contribution in [0.1, 0.15) is 28.6 Å². The van der Waals surface area contributed by atoms with E-state index in [1.807, 2.05) is 0 Å². The quantitative estimate of drug-likeness (QED) is 0.889. The molecule has 1 aromatic heterocycles. The molecule has 0 aliphatic heterocycles. The van der Waals surface area contributed by atoms with Crippen molar-refractivity contribution in [1.82, 2.24) is 0 Å². The molecular weight excluding hydrogens is 245 g/mol. The number of rotatable bonds is 2. The fourth-order valence-electron chi connectivity index (χ4n) is 1.78. The van der Waals surface area contributed by atoms with Crippen molar-refractivity contribution >= 4 is 0 Å². The molecule has 0 saturated carbocycles. The van der Waals surface area contributed by atoms with Gasteiger partial charge < -0.3 is 9.52 Å². The third-order valence-electron chi connectivity index (χ3n) is 2.63. The fourth-order valence-corrected chi connectivity index (χ4v) is 1.78. The van der Waals surface area contributed by atoms with E-state index in [0.29, 0.717) is 11.3 Å². The topological polar surface area (TPSA) is 33.4 Å². The van der Waals surface area contributed by atoms with Crippen LogP contribution in [0.4, 0.5) is 13.2 Å². The predicted molar refractivity (Wildman–Crippen MR) is 59.0 cm³/mol. The number of aliphatic hydroxyl groups excluding tert-OH is 1. The molecule has 1 unspecified atom stereocenters.